The minimum absolute atomic E-state index is 0.624. The standard InChI is InChI=1S/C20H12F3/c21-20(22,23)14-11-9-13(10-12-14)19-17-7-3-1-5-15(17)16-6-2-4-8-18(16)19/h1-12H/q+1. The third-order valence-electron chi connectivity index (χ3n) is 4.18. The van der Waals surface area contributed by atoms with Crippen LogP contribution in [0.2, 0.25) is 0 Å². The number of hydrogen-bond donors (Lipinski definition) is 0. The number of rotatable bonds is 1. The van der Waals surface area contributed by atoms with Crippen LogP contribution in [0.25, 0.3) is 11.1 Å². The van der Waals surface area contributed by atoms with Gasteiger partial charge in [-0.25, -0.2) is 0 Å². The molecule has 3 heteroatoms. The van der Waals surface area contributed by atoms with E-state index in [1.165, 1.54) is 0 Å². The zero-order valence-electron chi connectivity index (χ0n) is 12.1. The van der Waals surface area contributed by atoms with Gasteiger partial charge in [0.15, 0.2) is 0 Å². The molecule has 3 aromatic carbocycles. The quantitative estimate of drug-likeness (QED) is 0.395. The maximum atomic E-state index is 12.8. The van der Waals surface area contributed by atoms with Crippen LogP contribution in [0.4, 0.5) is 13.2 Å². The SMILES string of the molecule is FC(F)(F)c1ccc([C+]2c3ccccc3-c3ccccc32)cc1. The molecule has 0 nitrogen and oxygen atoms in total. The first-order valence-corrected chi connectivity index (χ1v) is 7.29. The molecule has 0 saturated carbocycles. The molecule has 0 saturated heterocycles. The molecule has 3 aromatic rings. The van der Waals surface area contributed by atoms with Crippen molar-refractivity contribution in [3.8, 4) is 11.1 Å². The Morgan fingerprint density at radius 3 is 1.57 bits per heavy atom. The van der Waals surface area contributed by atoms with E-state index >= 15 is 0 Å². The van der Waals surface area contributed by atoms with Gasteiger partial charge >= 0.3 is 6.18 Å². The second-order valence-corrected chi connectivity index (χ2v) is 5.54. The lowest BCUT2D eigenvalue weighted by Crippen LogP contribution is -2.06. The average molecular weight is 309 g/mol. The molecule has 0 bridgehead atoms. The van der Waals surface area contributed by atoms with E-state index in [4.69, 9.17) is 0 Å². The van der Waals surface area contributed by atoms with E-state index in [2.05, 4.69) is 0 Å². The predicted octanol–water partition coefficient (Wildman–Crippen LogP) is 5.70. The molecule has 0 amide bonds. The largest absolute Gasteiger partial charge is 0.417 e. The summed E-state index contributed by atoms with van der Waals surface area (Å²) >= 11 is 0. The Bertz CT molecular complexity index is 815. The molecule has 0 N–H and O–H groups in total. The molecular weight excluding hydrogens is 297 g/mol. The van der Waals surface area contributed by atoms with Crippen LogP contribution in [0, 0.1) is 5.92 Å². The zero-order chi connectivity index (χ0) is 16.0. The van der Waals surface area contributed by atoms with Crippen molar-refractivity contribution in [2.75, 3.05) is 0 Å². The Morgan fingerprint density at radius 1 is 0.609 bits per heavy atom. The Morgan fingerprint density at radius 2 is 1.09 bits per heavy atom. The van der Waals surface area contributed by atoms with Crippen LogP contribution in [-0.4, -0.2) is 0 Å². The minimum Gasteiger partial charge on any atom is -0.166 e. The summed E-state index contributed by atoms with van der Waals surface area (Å²) in [6.45, 7) is 0. The summed E-state index contributed by atoms with van der Waals surface area (Å²) in [7, 11) is 0. The maximum Gasteiger partial charge on any atom is 0.417 e. The fourth-order valence-electron chi connectivity index (χ4n) is 3.15. The van der Waals surface area contributed by atoms with Gasteiger partial charge in [0.05, 0.1) is 39.3 Å². The molecule has 0 heterocycles. The van der Waals surface area contributed by atoms with Crippen molar-refractivity contribution in [1.82, 2.24) is 0 Å². The van der Waals surface area contributed by atoms with Crippen LogP contribution in [0.5, 0.6) is 0 Å². The van der Waals surface area contributed by atoms with E-state index in [0.29, 0.717) is 0 Å². The van der Waals surface area contributed by atoms with Crippen molar-refractivity contribution >= 4 is 0 Å². The second-order valence-electron chi connectivity index (χ2n) is 5.54. The highest BCUT2D eigenvalue weighted by molar-refractivity contribution is 5.86. The lowest BCUT2D eigenvalue weighted by molar-refractivity contribution is -0.137. The van der Waals surface area contributed by atoms with Gasteiger partial charge in [-0.3, -0.25) is 0 Å². The highest BCUT2D eigenvalue weighted by Crippen LogP contribution is 2.47. The van der Waals surface area contributed by atoms with Crippen LogP contribution < -0.4 is 0 Å². The number of hydrogen-bond acceptors (Lipinski definition) is 0. The lowest BCUT2D eigenvalue weighted by Gasteiger charge is -2.10. The van der Waals surface area contributed by atoms with Gasteiger partial charge in [-0.15, -0.1) is 0 Å². The molecular formula is C20H12F3+. The van der Waals surface area contributed by atoms with Gasteiger partial charge in [0.25, 0.3) is 0 Å². The average Bonchev–Trinajstić information content (AvgIpc) is 2.89. The van der Waals surface area contributed by atoms with Crippen molar-refractivity contribution in [2.45, 2.75) is 6.18 Å². The van der Waals surface area contributed by atoms with Crippen LogP contribution in [0.3, 0.4) is 0 Å². The summed E-state index contributed by atoms with van der Waals surface area (Å²) in [4.78, 5) is 0. The van der Waals surface area contributed by atoms with Gasteiger partial charge in [-0.2, -0.15) is 13.2 Å². The van der Waals surface area contributed by atoms with Crippen LogP contribution >= 0.6 is 0 Å². The fraction of sp³-hybridized carbons (Fsp3) is 0.0500. The topological polar surface area (TPSA) is 0 Å². The molecule has 0 aromatic heterocycles. The summed E-state index contributed by atoms with van der Waals surface area (Å²) < 4.78 is 38.3. The van der Waals surface area contributed by atoms with Gasteiger partial charge in [-0.1, -0.05) is 0 Å². The van der Waals surface area contributed by atoms with Gasteiger partial charge in [0.2, 0.25) is 0 Å². The van der Waals surface area contributed by atoms with Gasteiger partial charge < -0.3 is 0 Å². The zero-order valence-corrected chi connectivity index (χ0v) is 12.1. The van der Waals surface area contributed by atoms with Gasteiger partial charge in [0.1, 0.15) is 0 Å². The number of halogens is 3. The number of benzene rings is 3. The van der Waals surface area contributed by atoms with Crippen molar-refractivity contribution < 1.29 is 13.2 Å². The Kier molecular flexibility index (Phi) is 2.98. The van der Waals surface area contributed by atoms with E-state index in [0.717, 1.165) is 45.9 Å². The first-order valence-electron chi connectivity index (χ1n) is 7.29. The lowest BCUT2D eigenvalue weighted by atomic mass is 9.89. The van der Waals surface area contributed by atoms with Crippen LogP contribution in [-0.2, 0) is 6.18 Å². The second kappa shape index (κ2) is 4.92. The molecule has 0 radical (unpaired) electrons. The maximum absolute atomic E-state index is 12.8. The smallest absolute Gasteiger partial charge is 0.166 e. The molecule has 112 valence electrons. The van der Waals surface area contributed by atoms with Crippen LogP contribution in [0.15, 0.2) is 72.8 Å². The molecule has 23 heavy (non-hydrogen) atoms. The summed E-state index contributed by atoms with van der Waals surface area (Å²) in [5.41, 5.74) is 4.55. The minimum atomic E-state index is -4.31. The molecule has 1 aliphatic rings. The first-order chi connectivity index (χ1) is 11.1. The summed E-state index contributed by atoms with van der Waals surface area (Å²) in [5, 5.41) is 0. The molecule has 0 aliphatic heterocycles. The predicted molar refractivity (Wildman–Crippen MR) is 83.9 cm³/mol. The fourth-order valence-corrected chi connectivity index (χ4v) is 3.15. The molecule has 4 rings (SSSR count). The van der Waals surface area contributed by atoms with E-state index < -0.39 is 11.7 Å². The van der Waals surface area contributed by atoms with Crippen molar-refractivity contribution in [3.63, 3.8) is 0 Å². The third kappa shape index (κ3) is 2.20. The first kappa shape index (κ1) is 13.9. The number of fused-ring (bicyclic) bond motifs is 3. The van der Waals surface area contributed by atoms with E-state index in [9.17, 15) is 13.2 Å². The third-order valence-corrected chi connectivity index (χ3v) is 4.18. The molecule has 0 spiro atoms. The summed E-state index contributed by atoms with van der Waals surface area (Å²) in [6, 6.07) is 21.4. The molecule has 1 aliphatic carbocycles. The monoisotopic (exact) mass is 309 g/mol. The highest BCUT2D eigenvalue weighted by atomic mass is 19.4. The van der Waals surface area contributed by atoms with Crippen molar-refractivity contribution in [2.24, 2.45) is 0 Å². The van der Waals surface area contributed by atoms with E-state index in [1.54, 1.807) is 12.1 Å². The summed E-state index contributed by atoms with van der Waals surface area (Å²) in [6.07, 6.45) is -4.31. The van der Waals surface area contributed by atoms with Gasteiger partial charge in [-0.05, 0) is 72.8 Å². The normalized spacial score (nSPS) is 12.9. The Labute approximate surface area is 132 Å². The Balaban J connectivity index is 1.86. The highest BCUT2D eigenvalue weighted by Gasteiger charge is 2.36. The van der Waals surface area contributed by atoms with Gasteiger partial charge in [0, 0.05) is 0 Å². The molecule has 0 fully saturated rings. The van der Waals surface area contributed by atoms with E-state index in [1.807, 2.05) is 48.5 Å². The Hall–Kier alpha value is -2.68. The summed E-state index contributed by atoms with van der Waals surface area (Å²) in [5.74, 6) is 0.991. The number of alkyl halides is 3. The molecule has 0 atom stereocenters. The van der Waals surface area contributed by atoms with Crippen molar-refractivity contribution in [3.05, 3.63) is 101 Å². The van der Waals surface area contributed by atoms with Crippen LogP contribution in [0.1, 0.15) is 22.3 Å². The van der Waals surface area contributed by atoms with E-state index in [-0.39, 0.29) is 0 Å². The molecule has 0 unspecified atom stereocenters. The van der Waals surface area contributed by atoms with Crippen molar-refractivity contribution in [1.29, 1.82) is 0 Å².